The van der Waals surface area contributed by atoms with Gasteiger partial charge in [-0.25, -0.2) is 0 Å². The number of likely N-dealkylation sites (tertiary alicyclic amines) is 1. The number of thiophene rings is 1. The zero-order valence-electron chi connectivity index (χ0n) is 16.6. The molecule has 7 heteroatoms. The normalized spacial score (nSPS) is 19.3. The Balaban J connectivity index is 0.00000256. The van der Waals surface area contributed by atoms with Crippen molar-refractivity contribution in [3.63, 3.8) is 0 Å². The highest BCUT2D eigenvalue weighted by Gasteiger charge is 2.32. The van der Waals surface area contributed by atoms with Crippen LogP contribution < -0.4 is 5.73 Å². The van der Waals surface area contributed by atoms with Crippen LogP contribution in [0.3, 0.4) is 0 Å². The summed E-state index contributed by atoms with van der Waals surface area (Å²) in [7, 11) is 2.16. The first-order chi connectivity index (χ1) is 13.9. The molecule has 5 nitrogen and oxygen atoms in total. The second kappa shape index (κ2) is 9.60. The van der Waals surface area contributed by atoms with Crippen molar-refractivity contribution in [3.8, 4) is 0 Å². The van der Waals surface area contributed by atoms with E-state index in [0.717, 1.165) is 48.6 Å². The predicted octanol–water partition coefficient (Wildman–Crippen LogP) is 3.55. The number of Topliss-reactive ketones (excluding diaryl/α,β-unsaturated/α-hetero) is 1. The first-order valence-corrected chi connectivity index (χ1v) is 11.2. The lowest BCUT2D eigenvalue weighted by atomic mass is 9.97. The number of fused-ring (bicyclic) bond motifs is 1. The van der Waals surface area contributed by atoms with Crippen LogP contribution in [0.2, 0.25) is 5.02 Å². The summed E-state index contributed by atoms with van der Waals surface area (Å²) in [5, 5.41) is 0.654. The molecule has 1 fully saturated rings. The Labute approximate surface area is 187 Å². The molecule has 4 rings (SSSR count). The molecule has 0 aliphatic carbocycles. The molecule has 0 bridgehead atoms. The van der Waals surface area contributed by atoms with Gasteiger partial charge in [0.1, 0.15) is 5.78 Å². The van der Waals surface area contributed by atoms with E-state index in [1.807, 2.05) is 12.1 Å². The third-order valence-electron chi connectivity index (χ3n) is 5.96. The molecule has 162 valence electrons. The summed E-state index contributed by atoms with van der Waals surface area (Å²) in [4.78, 5) is 31.8. The molecule has 30 heavy (non-hydrogen) atoms. The minimum absolute atomic E-state index is 0. The SMILES string of the molecule is C.CN1CCC(N2CCc3c(sc(CC(=O)Cc4ccc(Cl)cc4)c3C(N)=O)C2)C1. The number of carbonyl (C=O) groups excluding carboxylic acids is 2. The van der Waals surface area contributed by atoms with Gasteiger partial charge in [-0.3, -0.25) is 14.5 Å². The van der Waals surface area contributed by atoms with Crippen LogP contribution >= 0.6 is 22.9 Å². The summed E-state index contributed by atoms with van der Waals surface area (Å²) in [6.45, 7) is 4.02. The van der Waals surface area contributed by atoms with E-state index in [9.17, 15) is 9.59 Å². The number of carbonyl (C=O) groups is 2. The number of primary amides is 1. The molecular formula is C23H30ClN3O2S. The van der Waals surface area contributed by atoms with Gasteiger partial charge in [0, 0.05) is 53.3 Å². The van der Waals surface area contributed by atoms with E-state index in [1.165, 1.54) is 11.3 Å². The molecule has 1 unspecified atom stereocenters. The van der Waals surface area contributed by atoms with Gasteiger partial charge in [0.05, 0.1) is 5.56 Å². The van der Waals surface area contributed by atoms with E-state index in [4.69, 9.17) is 17.3 Å². The van der Waals surface area contributed by atoms with E-state index in [0.29, 0.717) is 23.0 Å². The molecule has 1 amide bonds. The van der Waals surface area contributed by atoms with Crippen molar-refractivity contribution in [3.05, 3.63) is 55.7 Å². The Kier molecular flexibility index (Phi) is 7.34. The molecule has 2 aliphatic heterocycles. The van der Waals surface area contributed by atoms with Crippen LogP contribution in [0.4, 0.5) is 0 Å². The third kappa shape index (κ3) is 4.94. The van der Waals surface area contributed by atoms with E-state index in [1.54, 1.807) is 23.5 Å². The maximum Gasteiger partial charge on any atom is 0.250 e. The summed E-state index contributed by atoms with van der Waals surface area (Å²) in [6, 6.07) is 7.88. The van der Waals surface area contributed by atoms with Crippen LogP contribution in [0.15, 0.2) is 24.3 Å². The van der Waals surface area contributed by atoms with Crippen molar-refractivity contribution in [2.75, 3.05) is 26.7 Å². The Morgan fingerprint density at radius 2 is 1.93 bits per heavy atom. The summed E-state index contributed by atoms with van der Waals surface area (Å²) in [5.41, 5.74) is 8.32. The number of ketones is 1. The molecule has 1 aromatic carbocycles. The molecular weight excluding hydrogens is 418 g/mol. The quantitative estimate of drug-likeness (QED) is 0.735. The van der Waals surface area contributed by atoms with E-state index in [2.05, 4.69) is 16.8 Å². The third-order valence-corrected chi connectivity index (χ3v) is 7.43. The van der Waals surface area contributed by atoms with Gasteiger partial charge in [0.25, 0.3) is 0 Å². The summed E-state index contributed by atoms with van der Waals surface area (Å²) >= 11 is 7.51. The Morgan fingerprint density at radius 1 is 1.20 bits per heavy atom. The number of nitrogens with zero attached hydrogens (tertiary/aromatic N) is 2. The van der Waals surface area contributed by atoms with Gasteiger partial charge < -0.3 is 10.6 Å². The Bertz CT molecular complexity index is 925. The molecule has 0 radical (unpaired) electrons. The molecule has 0 spiro atoms. The fourth-order valence-electron chi connectivity index (χ4n) is 4.48. The van der Waals surface area contributed by atoms with Crippen LogP contribution in [0.25, 0.3) is 0 Å². The topological polar surface area (TPSA) is 66.6 Å². The van der Waals surface area contributed by atoms with Gasteiger partial charge >= 0.3 is 0 Å². The second-order valence-electron chi connectivity index (χ2n) is 8.11. The van der Waals surface area contributed by atoms with Crippen LogP contribution in [-0.2, 0) is 30.6 Å². The Hall–Kier alpha value is -1.73. The van der Waals surface area contributed by atoms with Crippen molar-refractivity contribution >= 4 is 34.6 Å². The first kappa shape index (κ1) is 22.9. The minimum atomic E-state index is -0.411. The summed E-state index contributed by atoms with van der Waals surface area (Å²) < 4.78 is 0. The van der Waals surface area contributed by atoms with Gasteiger partial charge in [0.15, 0.2) is 0 Å². The molecule has 0 saturated carbocycles. The lowest BCUT2D eigenvalue weighted by Crippen LogP contribution is -2.40. The summed E-state index contributed by atoms with van der Waals surface area (Å²) in [5.74, 6) is -0.325. The van der Waals surface area contributed by atoms with Gasteiger partial charge in [-0.2, -0.15) is 0 Å². The van der Waals surface area contributed by atoms with Crippen LogP contribution in [-0.4, -0.2) is 54.2 Å². The highest BCUT2D eigenvalue weighted by Crippen LogP contribution is 2.35. The molecule has 2 aromatic rings. The first-order valence-electron chi connectivity index (χ1n) is 10.0. The van der Waals surface area contributed by atoms with Crippen molar-refractivity contribution in [2.24, 2.45) is 5.73 Å². The number of hydrogen-bond donors (Lipinski definition) is 1. The van der Waals surface area contributed by atoms with Crippen LogP contribution in [0, 0.1) is 0 Å². The molecule has 1 atom stereocenters. The van der Waals surface area contributed by atoms with E-state index in [-0.39, 0.29) is 19.6 Å². The second-order valence-corrected chi connectivity index (χ2v) is 9.74. The fraction of sp³-hybridized carbons (Fsp3) is 0.478. The Morgan fingerprint density at radius 3 is 2.57 bits per heavy atom. The van der Waals surface area contributed by atoms with Gasteiger partial charge in [0.2, 0.25) is 5.91 Å². The lowest BCUT2D eigenvalue weighted by molar-refractivity contribution is -0.117. The highest BCUT2D eigenvalue weighted by atomic mass is 35.5. The van der Waals surface area contributed by atoms with Crippen molar-refractivity contribution in [2.45, 2.75) is 45.7 Å². The molecule has 3 heterocycles. The number of amides is 1. The average molecular weight is 448 g/mol. The number of hydrogen-bond acceptors (Lipinski definition) is 5. The van der Waals surface area contributed by atoms with Gasteiger partial charge in [-0.05, 0) is 49.7 Å². The maximum absolute atomic E-state index is 12.7. The van der Waals surface area contributed by atoms with Crippen LogP contribution in [0.1, 0.15) is 45.1 Å². The average Bonchev–Trinajstić information content (AvgIpc) is 3.26. The van der Waals surface area contributed by atoms with Crippen LogP contribution in [0.5, 0.6) is 0 Å². The summed E-state index contributed by atoms with van der Waals surface area (Å²) in [6.07, 6.45) is 2.60. The van der Waals surface area contributed by atoms with Gasteiger partial charge in [-0.1, -0.05) is 31.2 Å². The van der Waals surface area contributed by atoms with Crippen molar-refractivity contribution in [1.29, 1.82) is 0 Å². The molecule has 1 saturated heterocycles. The highest BCUT2D eigenvalue weighted by molar-refractivity contribution is 7.12. The van der Waals surface area contributed by atoms with Crippen molar-refractivity contribution in [1.82, 2.24) is 9.80 Å². The molecule has 2 aliphatic rings. The number of benzene rings is 1. The van der Waals surface area contributed by atoms with Gasteiger partial charge in [-0.15, -0.1) is 11.3 Å². The van der Waals surface area contributed by atoms with Crippen molar-refractivity contribution < 1.29 is 9.59 Å². The number of nitrogens with two attached hydrogens (primary N) is 1. The monoisotopic (exact) mass is 447 g/mol. The number of rotatable bonds is 6. The zero-order valence-corrected chi connectivity index (χ0v) is 18.2. The lowest BCUT2D eigenvalue weighted by Gasteiger charge is -2.32. The predicted molar refractivity (Wildman–Crippen MR) is 123 cm³/mol. The van der Waals surface area contributed by atoms with E-state index >= 15 is 0 Å². The zero-order chi connectivity index (χ0) is 20.5. The standard InChI is InChI=1S/C22H26ClN3O2S.CH4/c1-25-8-6-16(12-25)26-9-7-18-20(13-26)29-19(21(18)22(24)28)11-17(27)10-14-2-4-15(23)5-3-14;/h2-5,16H,6-13H2,1H3,(H2,24,28);1H4. The fourth-order valence-corrected chi connectivity index (χ4v) is 6.02. The largest absolute Gasteiger partial charge is 0.366 e. The van der Waals surface area contributed by atoms with E-state index < -0.39 is 5.91 Å². The molecule has 2 N–H and O–H groups in total. The smallest absolute Gasteiger partial charge is 0.250 e. The number of halogens is 1. The minimum Gasteiger partial charge on any atom is -0.366 e. The maximum atomic E-state index is 12.7. The number of likely N-dealkylation sites (N-methyl/N-ethyl adjacent to an activating group) is 1. The molecule has 1 aromatic heterocycles.